The van der Waals surface area contributed by atoms with Crippen molar-refractivity contribution in [1.29, 1.82) is 0 Å². The molecule has 2 fully saturated rings. The third-order valence-electron chi connectivity index (χ3n) is 3.72. The van der Waals surface area contributed by atoms with Crippen molar-refractivity contribution < 1.29 is 19.7 Å². The van der Waals surface area contributed by atoms with Gasteiger partial charge in [-0.1, -0.05) is 0 Å². The molecule has 0 aromatic carbocycles. The van der Waals surface area contributed by atoms with E-state index in [2.05, 4.69) is 4.98 Å². The molecule has 3 heterocycles. The highest BCUT2D eigenvalue weighted by Gasteiger charge is 2.61. The Morgan fingerprint density at radius 2 is 2.42 bits per heavy atom. The fraction of sp³-hybridized carbons (Fsp3) is 0.636. The topological polar surface area (TPSA) is 120 Å². The number of anilines is 1. The van der Waals surface area contributed by atoms with Crippen molar-refractivity contribution in [3.8, 4) is 0 Å². The number of hydrogen-bond acceptors (Lipinski definition) is 7. The van der Waals surface area contributed by atoms with Crippen molar-refractivity contribution in [1.82, 2.24) is 9.55 Å². The lowest BCUT2D eigenvalue weighted by Crippen LogP contribution is -2.44. The number of aromatic nitrogens is 2. The third kappa shape index (κ3) is 1.61. The van der Waals surface area contributed by atoms with Crippen LogP contribution in [0.15, 0.2) is 11.0 Å². The number of aliphatic hydroxyl groups excluding tert-OH is 2. The van der Waals surface area contributed by atoms with Gasteiger partial charge in [0.05, 0.1) is 13.2 Å². The second kappa shape index (κ2) is 4.01. The number of hydrogen-bond donors (Lipinski definition) is 3. The van der Waals surface area contributed by atoms with Crippen LogP contribution in [0.4, 0.5) is 5.82 Å². The molecule has 19 heavy (non-hydrogen) atoms. The van der Waals surface area contributed by atoms with Crippen LogP contribution >= 0.6 is 0 Å². The molecule has 2 aliphatic heterocycles. The highest BCUT2D eigenvalue weighted by Crippen LogP contribution is 2.44. The minimum absolute atomic E-state index is 0.0992. The maximum absolute atomic E-state index is 11.8. The summed E-state index contributed by atoms with van der Waals surface area (Å²) in [6.45, 7) is 1.43. The van der Waals surface area contributed by atoms with Gasteiger partial charge < -0.3 is 25.4 Å². The number of nitrogens with two attached hydrogens (primary N) is 1. The Labute approximate surface area is 108 Å². The molecule has 0 amide bonds. The molecule has 0 spiro atoms. The minimum Gasteiger partial charge on any atom is -0.393 e. The van der Waals surface area contributed by atoms with Gasteiger partial charge in [-0.3, -0.25) is 4.57 Å². The van der Waals surface area contributed by atoms with Crippen LogP contribution in [0.5, 0.6) is 0 Å². The monoisotopic (exact) mass is 269 g/mol. The molecule has 0 saturated carbocycles. The van der Waals surface area contributed by atoms with Crippen LogP contribution in [0.1, 0.15) is 11.8 Å². The van der Waals surface area contributed by atoms with Crippen molar-refractivity contribution in [3.63, 3.8) is 0 Å². The van der Waals surface area contributed by atoms with Gasteiger partial charge in [0.2, 0.25) is 0 Å². The maximum Gasteiger partial charge on any atom is 0.351 e. The summed E-state index contributed by atoms with van der Waals surface area (Å²) in [5.41, 5.74) is 4.44. The normalized spacial score (nSPS) is 36.9. The van der Waals surface area contributed by atoms with E-state index in [4.69, 9.17) is 15.2 Å². The fourth-order valence-electron chi connectivity index (χ4n) is 2.52. The first-order chi connectivity index (χ1) is 8.98. The van der Waals surface area contributed by atoms with Crippen LogP contribution in [0.3, 0.4) is 0 Å². The lowest BCUT2D eigenvalue weighted by Gasteiger charge is -2.29. The zero-order valence-corrected chi connectivity index (χ0v) is 10.3. The van der Waals surface area contributed by atoms with Crippen molar-refractivity contribution >= 4 is 5.82 Å². The van der Waals surface area contributed by atoms with Gasteiger partial charge in [0.1, 0.15) is 23.6 Å². The molecule has 2 aliphatic rings. The summed E-state index contributed by atoms with van der Waals surface area (Å²) < 4.78 is 12.3. The number of aliphatic hydroxyl groups is 2. The van der Waals surface area contributed by atoms with Crippen molar-refractivity contribution in [2.45, 2.75) is 31.0 Å². The second-order valence-electron chi connectivity index (χ2n) is 4.95. The number of ether oxygens (including phenoxy) is 2. The van der Waals surface area contributed by atoms with E-state index in [9.17, 15) is 15.0 Å². The van der Waals surface area contributed by atoms with E-state index in [0.29, 0.717) is 5.56 Å². The zero-order chi connectivity index (χ0) is 13.8. The standard InChI is InChI=1S/C11H15N3O5/c1-5-2-14(10(17)13-8(5)12)9-6-7(16)11(3-15,19-9)4-18-6/h2,6-7,9,15-16H,3-4H2,1H3,(H2,12,13,17)/t6-,7+,9-,11-/m1/s1. The van der Waals surface area contributed by atoms with E-state index >= 15 is 0 Å². The first-order valence-electron chi connectivity index (χ1n) is 5.92. The first kappa shape index (κ1) is 12.5. The largest absolute Gasteiger partial charge is 0.393 e. The van der Waals surface area contributed by atoms with Gasteiger partial charge in [0.25, 0.3) is 0 Å². The van der Waals surface area contributed by atoms with Crippen LogP contribution < -0.4 is 11.4 Å². The van der Waals surface area contributed by atoms with Gasteiger partial charge in [0, 0.05) is 11.8 Å². The molecule has 3 rings (SSSR count). The predicted octanol–water partition coefficient (Wildman–Crippen LogP) is -1.85. The summed E-state index contributed by atoms with van der Waals surface area (Å²) in [6.07, 6.45) is -0.978. The Balaban J connectivity index is 2.02. The molecule has 0 unspecified atom stereocenters. The zero-order valence-electron chi connectivity index (χ0n) is 10.3. The van der Waals surface area contributed by atoms with E-state index < -0.39 is 29.7 Å². The Morgan fingerprint density at radius 1 is 1.68 bits per heavy atom. The lowest BCUT2D eigenvalue weighted by atomic mass is 10.0. The molecule has 2 bridgehead atoms. The smallest absolute Gasteiger partial charge is 0.351 e. The summed E-state index contributed by atoms with van der Waals surface area (Å²) >= 11 is 0. The molecule has 8 heteroatoms. The first-order valence-corrected chi connectivity index (χ1v) is 5.92. The molecule has 0 radical (unpaired) electrons. The molecular formula is C11H15N3O5. The van der Waals surface area contributed by atoms with E-state index in [-0.39, 0.29) is 19.0 Å². The summed E-state index contributed by atoms with van der Waals surface area (Å²) in [5, 5.41) is 19.4. The highest BCUT2D eigenvalue weighted by molar-refractivity contribution is 5.35. The highest BCUT2D eigenvalue weighted by atomic mass is 16.7. The number of fused-ring (bicyclic) bond motifs is 2. The van der Waals surface area contributed by atoms with Crippen molar-refractivity contribution in [2.24, 2.45) is 0 Å². The Bertz CT molecular complexity index is 574. The summed E-state index contributed by atoms with van der Waals surface area (Å²) in [5.74, 6) is 0.155. The molecule has 4 atom stereocenters. The summed E-state index contributed by atoms with van der Waals surface area (Å²) in [7, 11) is 0. The van der Waals surface area contributed by atoms with E-state index in [1.165, 1.54) is 10.8 Å². The summed E-state index contributed by atoms with van der Waals surface area (Å²) in [4.78, 5) is 15.5. The quantitative estimate of drug-likeness (QED) is 0.576. The number of aryl methyl sites for hydroxylation is 1. The van der Waals surface area contributed by atoms with Gasteiger partial charge in [-0.25, -0.2) is 4.79 Å². The van der Waals surface area contributed by atoms with E-state index in [1.54, 1.807) is 6.92 Å². The molecule has 1 aromatic rings. The minimum atomic E-state index is -1.16. The molecule has 104 valence electrons. The number of rotatable bonds is 2. The SMILES string of the molecule is Cc1cn([C@@H]2O[C@]3(CO)CO[C@@H]2[C@@H]3O)c(=O)nc1N. The van der Waals surface area contributed by atoms with Gasteiger partial charge in [-0.2, -0.15) is 4.98 Å². The average Bonchev–Trinajstić information content (AvgIpc) is 2.85. The lowest BCUT2D eigenvalue weighted by molar-refractivity contribution is -0.187. The van der Waals surface area contributed by atoms with E-state index in [1.807, 2.05) is 0 Å². The number of nitrogen functional groups attached to an aromatic ring is 1. The van der Waals surface area contributed by atoms with Crippen LogP contribution in [0, 0.1) is 6.92 Å². The second-order valence-corrected chi connectivity index (χ2v) is 4.95. The van der Waals surface area contributed by atoms with Crippen LogP contribution in [0.25, 0.3) is 0 Å². The summed E-state index contributed by atoms with van der Waals surface area (Å²) in [6, 6.07) is 0. The fourth-order valence-corrected chi connectivity index (χ4v) is 2.52. The maximum atomic E-state index is 11.8. The van der Waals surface area contributed by atoms with Crippen molar-refractivity contribution in [2.75, 3.05) is 18.9 Å². The Hall–Kier alpha value is -1.48. The van der Waals surface area contributed by atoms with Gasteiger partial charge in [0.15, 0.2) is 6.23 Å². The molecule has 4 N–H and O–H groups in total. The van der Waals surface area contributed by atoms with Crippen LogP contribution in [-0.2, 0) is 9.47 Å². The average molecular weight is 269 g/mol. The van der Waals surface area contributed by atoms with Gasteiger partial charge in [-0.15, -0.1) is 0 Å². The van der Waals surface area contributed by atoms with Crippen LogP contribution in [0.2, 0.25) is 0 Å². The molecular weight excluding hydrogens is 254 g/mol. The molecule has 0 aliphatic carbocycles. The van der Waals surface area contributed by atoms with Gasteiger partial charge >= 0.3 is 5.69 Å². The number of nitrogens with zero attached hydrogens (tertiary/aromatic N) is 2. The van der Waals surface area contributed by atoms with Gasteiger partial charge in [-0.05, 0) is 6.92 Å². The molecule has 1 aromatic heterocycles. The Morgan fingerprint density at radius 3 is 3.05 bits per heavy atom. The van der Waals surface area contributed by atoms with Crippen molar-refractivity contribution in [3.05, 3.63) is 22.2 Å². The molecule has 2 saturated heterocycles. The Kier molecular flexibility index (Phi) is 2.65. The van der Waals surface area contributed by atoms with Crippen LogP contribution in [-0.4, -0.2) is 50.8 Å². The third-order valence-corrected chi connectivity index (χ3v) is 3.72. The molecule has 8 nitrogen and oxygen atoms in total. The predicted molar refractivity (Wildman–Crippen MR) is 63.3 cm³/mol. The van der Waals surface area contributed by atoms with E-state index in [0.717, 1.165) is 0 Å².